The van der Waals surface area contributed by atoms with E-state index in [0.717, 1.165) is 16.8 Å². The summed E-state index contributed by atoms with van der Waals surface area (Å²) in [6, 6.07) is 17.4. The highest BCUT2D eigenvalue weighted by atomic mass is 17.1. The summed E-state index contributed by atoms with van der Waals surface area (Å²) in [7, 11) is 1.81. The summed E-state index contributed by atoms with van der Waals surface area (Å²) in [6.07, 6.45) is 0.421. The summed E-state index contributed by atoms with van der Waals surface area (Å²) in [6.45, 7) is 0. The SMILES string of the molecule is CN1C(=N)[C@@](Cc2ccccc2)(OO)c2ccccc21. The molecule has 20 heavy (non-hydrogen) atoms. The fraction of sp³-hybridized carbons (Fsp3) is 0.188. The van der Waals surface area contributed by atoms with Crippen LogP contribution in [-0.4, -0.2) is 18.1 Å². The first-order valence-corrected chi connectivity index (χ1v) is 6.48. The third-order valence-electron chi connectivity index (χ3n) is 3.87. The van der Waals surface area contributed by atoms with Crippen molar-refractivity contribution in [3.63, 3.8) is 0 Å². The van der Waals surface area contributed by atoms with Crippen LogP contribution in [-0.2, 0) is 16.9 Å². The average molecular weight is 268 g/mol. The van der Waals surface area contributed by atoms with E-state index in [0.29, 0.717) is 6.42 Å². The van der Waals surface area contributed by atoms with Crippen LogP contribution in [0.1, 0.15) is 11.1 Å². The van der Waals surface area contributed by atoms with Crippen molar-refractivity contribution in [3.05, 3.63) is 65.7 Å². The number of amidine groups is 1. The molecule has 0 bridgehead atoms. The van der Waals surface area contributed by atoms with Crippen LogP contribution in [0.5, 0.6) is 0 Å². The molecule has 0 spiro atoms. The van der Waals surface area contributed by atoms with Crippen LogP contribution in [0.2, 0.25) is 0 Å². The maximum atomic E-state index is 9.55. The van der Waals surface area contributed by atoms with Crippen molar-refractivity contribution in [2.24, 2.45) is 0 Å². The van der Waals surface area contributed by atoms with Crippen molar-refractivity contribution in [3.8, 4) is 0 Å². The van der Waals surface area contributed by atoms with Gasteiger partial charge in [0.2, 0.25) is 0 Å². The Kier molecular flexibility index (Phi) is 3.04. The van der Waals surface area contributed by atoms with Gasteiger partial charge < -0.3 is 4.90 Å². The molecule has 1 atom stereocenters. The summed E-state index contributed by atoms with van der Waals surface area (Å²) in [4.78, 5) is 6.59. The molecule has 1 aliphatic rings. The number of benzene rings is 2. The number of nitrogens with one attached hydrogen (secondary N) is 1. The zero-order chi connectivity index (χ0) is 14.2. The first kappa shape index (κ1) is 12.8. The third-order valence-corrected chi connectivity index (χ3v) is 3.87. The number of likely N-dealkylation sites (N-methyl/N-ethyl adjacent to an activating group) is 1. The molecule has 3 rings (SSSR count). The first-order valence-electron chi connectivity index (χ1n) is 6.48. The molecule has 0 unspecified atom stereocenters. The highest BCUT2D eigenvalue weighted by molar-refractivity contribution is 6.08. The van der Waals surface area contributed by atoms with E-state index in [-0.39, 0.29) is 5.84 Å². The van der Waals surface area contributed by atoms with E-state index in [4.69, 9.17) is 10.3 Å². The van der Waals surface area contributed by atoms with Gasteiger partial charge in [0, 0.05) is 24.7 Å². The molecule has 0 saturated carbocycles. The summed E-state index contributed by atoms with van der Waals surface area (Å²) in [5.41, 5.74) is 1.59. The molecule has 0 amide bonds. The predicted octanol–water partition coefficient (Wildman–Crippen LogP) is 3.04. The molecule has 2 aromatic carbocycles. The minimum absolute atomic E-state index is 0.241. The summed E-state index contributed by atoms with van der Waals surface area (Å²) >= 11 is 0. The van der Waals surface area contributed by atoms with Gasteiger partial charge in [-0.25, -0.2) is 4.89 Å². The number of hydrogen-bond donors (Lipinski definition) is 2. The summed E-state index contributed by atoms with van der Waals surface area (Å²) < 4.78 is 0. The van der Waals surface area contributed by atoms with Crippen molar-refractivity contribution in [2.75, 3.05) is 11.9 Å². The van der Waals surface area contributed by atoms with E-state index in [1.807, 2.05) is 61.6 Å². The second kappa shape index (κ2) is 4.74. The van der Waals surface area contributed by atoms with Gasteiger partial charge in [-0.3, -0.25) is 10.7 Å². The largest absolute Gasteiger partial charge is 0.330 e. The molecule has 2 N–H and O–H groups in total. The monoisotopic (exact) mass is 268 g/mol. The first-order chi connectivity index (χ1) is 9.69. The number of rotatable bonds is 3. The lowest BCUT2D eigenvalue weighted by Gasteiger charge is -2.27. The fourth-order valence-corrected chi connectivity index (χ4v) is 2.81. The molecular formula is C16H16N2O2. The Balaban J connectivity index is 2.11. The van der Waals surface area contributed by atoms with Gasteiger partial charge in [-0.05, 0) is 11.6 Å². The van der Waals surface area contributed by atoms with Crippen LogP contribution in [0.25, 0.3) is 0 Å². The van der Waals surface area contributed by atoms with Crippen LogP contribution < -0.4 is 4.90 Å². The Morgan fingerprint density at radius 1 is 1.10 bits per heavy atom. The van der Waals surface area contributed by atoms with E-state index in [1.165, 1.54) is 0 Å². The Labute approximate surface area is 117 Å². The summed E-state index contributed by atoms with van der Waals surface area (Å²) in [5.74, 6) is 0.241. The predicted molar refractivity (Wildman–Crippen MR) is 78.1 cm³/mol. The second-order valence-electron chi connectivity index (χ2n) is 5.01. The number of para-hydroxylation sites is 1. The van der Waals surface area contributed by atoms with Gasteiger partial charge in [-0.1, -0.05) is 48.5 Å². The standard InChI is InChI=1S/C16H16N2O2/c1-18-14-10-6-5-9-13(14)16(20-19,15(18)17)11-12-7-3-2-4-8-12/h2-10,17,19H,11H2,1H3/t16-/m0/s1. The normalized spacial score (nSPS) is 21.1. The van der Waals surface area contributed by atoms with Gasteiger partial charge in [-0.2, -0.15) is 0 Å². The van der Waals surface area contributed by atoms with Crippen molar-refractivity contribution in [2.45, 2.75) is 12.0 Å². The molecule has 0 aliphatic carbocycles. The molecular weight excluding hydrogens is 252 g/mol. The van der Waals surface area contributed by atoms with Gasteiger partial charge in [0.25, 0.3) is 0 Å². The minimum Gasteiger partial charge on any atom is -0.330 e. The van der Waals surface area contributed by atoms with Crippen molar-refractivity contribution in [1.82, 2.24) is 0 Å². The van der Waals surface area contributed by atoms with Crippen molar-refractivity contribution < 1.29 is 10.1 Å². The molecule has 1 heterocycles. The molecule has 0 radical (unpaired) electrons. The number of fused-ring (bicyclic) bond motifs is 1. The van der Waals surface area contributed by atoms with Gasteiger partial charge in [-0.15, -0.1) is 0 Å². The molecule has 102 valence electrons. The second-order valence-corrected chi connectivity index (χ2v) is 5.01. The molecule has 1 aliphatic heterocycles. The highest BCUT2D eigenvalue weighted by Gasteiger charge is 2.48. The quantitative estimate of drug-likeness (QED) is 0.664. The molecule has 2 aromatic rings. The van der Waals surface area contributed by atoms with Crippen LogP contribution >= 0.6 is 0 Å². The smallest absolute Gasteiger partial charge is 0.191 e. The van der Waals surface area contributed by atoms with E-state index in [9.17, 15) is 5.26 Å². The lowest BCUT2D eigenvalue weighted by atomic mass is 9.88. The average Bonchev–Trinajstić information content (AvgIpc) is 2.71. The van der Waals surface area contributed by atoms with E-state index in [2.05, 4.69) is 0 Å². The third kappa shape index (κ3) is 1.73. The molecule has 4 nitrogen and oxygen atoms in total. The Morgan fingerprint density at radius 2 is 1.75 bits per heavy atom. The van der Waals surface area contributed by atoms with Gasteiger partial charge in [0.05, 0.1) is 0 Å². The van der Waals surface area contributed by atoms with Crippen LogP contribution in [0.3, 0.4) is 0 Å². The Hall–Kier alpha value is -2.17. The van der Waals surface area contributed by atoms with Crippen LogP contribution in [0, 0.1) is 5.41 Å². The Bertz CT molecular complexity index is 642. The van der Waals surface area contributed by atoms with E-state index < -0.39 is 5.60 Å². The molecule has 0 saturated heterocycles. The van der Waals surface area contributed by atoms with Gasteiger partial charge in [0.15, 0.2) is 5.60 Å². The van der Waals surface area contributed by atoms with Crippen molar-refractivity contribution in [1.29, 1.82) is 5.41 Å². The lowest BCUT2D eigenvalue weighted by molar-refractivity contribution is -0.304. The maximum Gasteiger partial charge on any atom is 0.191 e. The zero-order valence-electron chi connectivity index (χ0n) is 11.2. The van der Waals surface area contributed by atoms with Gasteiger partial charge in [0.1, 0.15) is 5.84 Å². The topological polar surface area (TPSA) is 56.6 Å². The van der Waals surface area contributed by atoms with Gasteiger partial charge >= 0.3 is 0 Å². The molecule has 0 aromatic heterocycles. The minimum atomic E-state index is -1.13. The Morgan fingerprint density at radius 3 is 2.45 bits per heavy atom. The number of nitrogens with zero attached hydrogens (tertiary/aromatic N) is 1. The van der Waals surface area contributed by atoms with Crippen LogP contribution in [0.15, 0.2) is 54.6 Å². The van der Waals surface area contributed by atoms with Crippen molar-refractivity contribution >= 4 is 11.5 Å². The van der Waals surface area contributed by atoms with Crippen LogP contribution in [0.4, 0.5) is 5.69 Å². The molecule has 4 heteroatoms. The number of anilines is 1. The lowest BCUT2D eigenvalue weighted by Crippen LogP contribution is -2.41. The highest BCUT2D eigenvalue weighted by Crippen LogP contribution is 2.43. The zero-order valence-corrected chi connectivity index (χ0v) is 11.2. The number of hydrogen-bond acceptors (Lipinski definition) is 3. The van der Waals surface area contributed by atoms with E-state index in [1.54, 1.807) is 4.90 Å². The van der Waals surface area contributed by atoms with E-state index >= 15 is 0 Å². The maximum absolute atomic E-state index is 9.55. The molecule has 0 fully saturated rings. The fourth-order valence-electron chi connectivity index (χ4n) is 2.81. The summed E-state index contributed by atoms with van der Waals surface area (Å²) in [5, 5.41) is 17.9.